The van der Waals surface area contributed by atoms with E-state index in [0.717, 1.165) is 0 Å². The predicted octanol–water partition coefficient (Wildman–Crippen LogP) is -0.0201. The zero-order valence-electron chi connectivity index (χ0n) is 9.07. The maximum Gasteiger partial charge on any atom is 0.256 e. The number of nitrogens with one attached hydrogen (secondary N) is 1. The van der Waals surface area contributed by atoms with E-state index < -0.39 is 11.7 Å². The fourth-order valence-electron chi connectivity index (χ4n) is 1.71. The molecule has 17 heavy (non-hydrogen) atoms. The van der Waals surface area contributed by atoms with Gasteiger partial charge in [0.15, 0.2) is 0 Å². The van der Waals surface area contributed by atoms with E-state index in [-0.39, 0.29) is 23.7 Å². The summed E-state index contributed by atoms with van der Waals surface area (Å²) >= 11 is 0. The molecule has 90 valence electrons. The van der Waals surface area contributed by atoms with Gasteiger partial charge in [0, 0.05) is 13.1 Å². The number of nitrogens with zero attached hydrogens (tertiary/aromatic N) is 1. The van der Waals surface area contributed by atoms with Crippen molar-refractivity contribution in [2.45, 2.75) is 0 Å². The van der Waals surface area contributed by atoms with Crippen LogP contribution in [0, 0.1) is 5.82 Å². The normalized spacial score (nSPS) is 15.6. The second-order valence-corrected chi connectivity index (χ2v) is 3.78. The smallest absolute Gasteiger partial charge is 0.256 e. The Morgan fingerprint density at radius 1 is 1.47 bits per heavy atom. The molecule has 1 saturated heterocycles. The molecule has 1 aromatic rings. The lowest BCUT2D eigenvalue weighted by Gasteiger charge is -2.27. The zero-order valence-corrected chi connectivity index (χ0v) is 9.07. The Morgan fingerprint density at radius 2 is 2.24 bits per heavy atom. The van der Waals surface area contributed by atoms with Gasteiger partial charge >= 0.3 is 0 Å². The predicted molar refractivity (Wildman–Crippen MR) is 59.7 cm³/mol. The SMILES string of the molecule is Nc1c(F)cccc1C(=O)N1CCNC(=O)C1. The number of benzene rings is 1. The first-order valence-corrected chi connectivity index (χ1v) is 5.19. The summed E-state index contributed by atoms with van der Waals surface area (Å²) in [4.78, 5) is 24.5. The van der Waals surface area contributed by atoms with Crippen LogP contribution in [-0.4, -0.2) is 36.3 Å². The lowest BCUT2D eigenvalue weighted by Crippen LogP contribution is -2.50. The van der Waals surface area contributed by atoms with Crippen LogP contribution in [0.15, 0.2) is 18.2 Å². The quantitative estimate of drug-likeness (QED) is 0.674. The molecule has 0 aromatic heterocycles. The summed E-state index contributed by atoms with van der Waals surface area (Å²) in [6.07, 6.45) is 0. The Balaban J connectivity index is 2.24. The van der Waals surface area contributed by atoms with E-state index in [1.165, 1.54) is 23.1 Å². The molecule has 2 rings (SSSR count). The Kier molecular flexibility index (Phi) is 2.95. The Labute approximate surface area is 97.4 Å². The third kappa shape index (κ3) is 2.20. The van der Waals surface area contributed by atoms with Gasteiger partial charge in [0.05, 0.1) is 17.8 Å². The highest BCUT2D eigenvalue weighted by molar-refractivity contribution is 6.01. The van der Waals surface area contributed by atoms with Gasteiger partial charge in [-0.05, 0) is 12.1 Å². The van der Waals surface area contributed by atoms with Crippen molar-refractivity contribution in [2.75, 3.05) is 25.4 Å². The van der Waals surface area contributed by atoms with Gasteiger partial charge in [-0.25, -0.2) is 4.39 Å². The van der Waals surface area contributed by atoms with Crippen LogP contribution in [0.2, 0.25) is 0 Å². The van der Waals surface area contributed by atoms with Crippen LogP contribution in [-0.2, 0) is 4.79 Å². The van der Waals surface area contributed by atoms with Crippen LogP contribution in [0.5, 0.6) is 0 Å². The number of nitrogen functional groups attached to an aromatic ring is 1. The van der Waals surface area contributed by atoms with Crippen LogP contribution < -0.4 is 11.1 Å². The Morgan fingerprint density at radius 3 is 2.94 bits per heavy atom. The summed E-state index contributed by atoms with van der Waals surface area (Å²) in [5, 5.41) is 2.61. The second-order valence-electron chi connectivity index (χ2n) is 3.78. The van der Waals surface area contributed by atoms with Crippen LogP contribution in [0.4, 0.5) is 10.1 Å². The Hall–Kier alpha value is -2.11. The third-order valence-electron chi connectivity index (χ3n) is 2.61. The minimum Gasteiger partial charge on any atom is -0.396 e. The van der Waals surface area contributed by atoms with E-state index in [1.807, 2.05) is 0 Å². The number of carbonyl (C=O) groups excluding carboxylic acids is 2. The number of amides is 2. The van der Waals surface area contributed by atoms with Crippen LogP contribution in [0.1, 0.15) is 10.4 Å². The van der Waals surface area contributed by atoms with Crippen molar-refractivity contribution in [3.63, 3.8) is 0 Å². The summed E-state index contributed by atoms with van der Waals surface area (Å²) < 4.78 is 13.2. The Bertz CT molecular complexity index is 476. The molecular weight excluding hydrogens is 225 g/mol. The fourth-order valence-corrected chi connectivity index (χ4v) is 1.71. The molecule has 3 N–H and O–H groups in total. The van der Waals surface area contributed by atoms with Gasteiger partial charge < -0.3 is 16.0 Å². The first-order valence-electron chi connectivity index (χ1n) is 5.19. The molecule has 1 aliphatic heterocycles. The molecule has 0 radical (unpaired) electrons. The van der Waals surface area contributed by atoms with E-state index in [2.05, 4.69) is 5.32 Å². The number of para-hydroxylation sites is 1. The number of hydrogen-bond acceptors (Lipinski definition) is 3. The number of halogens is 1. The minimum atomic E-state index is -0.627. The maximum atomic E-state index is 13.2. The third-order valence-corrected chi connectivity index (χ3v) is 2.61. The molecule has 0 aliphatic carbocycles. The van der Waals surface area contributed by atoms with Crippen LogP contribution in [0.25, 0.3) is 0 Å². The maximum absolute atomic E-state index is 13.2. The molecule has 0 atom stereocenters. The monoisotopic (exact) mass is 237 g/mol. The largest absolute Gasteiger partial charge is 0.396 e. The summed E-state index contributed by atoms with van der Waals surface area (Å²) in [7, 11) is 0. The van der Waals surface area contributed by atoms with E-state index in [1.54, 1.807) is 0 Å². The van der Waals surface area contributed by atoms with Gasteiger partial charge in [-0.15, -0.1) is 0 Å². The average Bonchev–Trinajstić information content (AvgIpc) is 2.32. The molecule has 1 heterocycles. The number of hydrogen-bond donors (Lipinski definition) is 2. The van der Waals surface area contributed by atoms with Crippen LogP contribution in [0.3, 0.4) is 0 Å². The molecule has 0 saturated carbocycles. The van der Waals surface area contributed by atoms with Gasteiger partial charge in [0.25, 0.3) is 5.91 Å². The van der Waals surface area contributed by atoms with Crippen molar-refractivity contribution >= 4 is 17.5 Å². The molecule has 1 fully saturated rings. The summed E-state index contributed by atoms with van der Waals surface area (Å²) in [6, 6.07) is 4.06. The first kappa shape index (κ1) is 11.4. The highest BCUT2D eigenvalue weighted by Crippen LogP contribution is 2.18. The van der Waals surface area contributed by atoms with Gasteiger partial charge in [-0.3, -0.25) is 9.59 Å². The molecule has 0 unspecified atom stereocenters. The average molecular weight is 237 g/mol. The van der Waals surface area contributed by atoms with Gasteiger partial charge in [-0.1, -0.05) is 6.07 Å². The number of rotatable bonds is 1. The van der Waals surface area contributed by atoms with Crippen molar-refractivity contribution < 1.29 is 14.0 Å². The molecule has 1 aliphatic rings. The van der Waals surface area contributed by atoms with Gasteiger partial charge in [0.2, 0.25) is 5.91 Å². The number of anilines is 1. The zero-order chi connectivity index (χ0) is 12.4. The topological polar surface area (TPSA) is 75.4 Å². The number of piperazine rings is 1. The van der Waals surface area contributed by atoms with Crippen molar-refractivity contribution in [3.8, 4) is 0 Å². The van der Waals surface area contributed by atoms with Crippen molar-refractivity contribution in [3.05, 3.63) is 29.6 Å². The second kappa shape index (κ2) is 4.40. The standard InChI is InChI=1S/C11H12FN3O2/c12-8-3-1-2-7(10(8)13)11(17)15-5-4-14-9(16)6-15/h1-3H,4-6,13H2,(H,14,16). The molecule has 6 heteroatoms. The van der Waals surface area contributed by atoms with E-state index >= 15 is 0 Å². The molecule has 2 amide bonds. The summed E-state index contributed by atoms with van der Waals surface area (Å²) in [5.41, 5.74) is 5.42. The highest BCUT2D eigenvalue weighted by atomic mass is 19.1. The number of nitrogens with two attached hydrogens (primary N) is 1. The first-order chi connectivity index (χ1) is 8.09. The lowest BCUT2D eigenvalue weighted by atomic mass is 10.1. The molecule has 0 bridgehead atoms. The minimum absolute atomic E-state index is 0.0191. The van der Waals surface area contributed by atoms with E-state index in [0.29, 0.717) is 13.1 Å². The van der Waals surface area contributed by atoms with Crippen LogP contribution >= 0.6 is 0 Å². The molecule has 5 nitrogen and oxygen atoms in total. The van der Waals surface area contributed by atoms with Gasteiger partial charge in [-0.2, -0.15) is 0 Å². The van der Waals surface area contributed by atoms with Gasteiger partial charge in [0.1, 0.15) is 5.82 Å². The molecular formula is C11H12FN3O2. The molecule has 0 spiro atoms. The van der Waals surface area contributed by atoms with E-state index in [9.17, 15) is 14.0 Å². The summed E-state index contributed by atoms with van der Waals surface area (Å²) in [6.45, 7) is 0.787. The lowest BCUT2D eigenvalue weighted by molar-refractivity contribution is -0.123. The molecule has 1 aromatic carbocycles. The van der Waals surface area contributed by atoms with Crippen molar-refractivity contribution in [2.24, 2.45) is 0 Å². The number of carbonyl (C=O) groups is 2. The van der Waals surface area contributed by atoms with E-state index in [4.69, 9.17) is 5.73 Å². The van der Waals surface area contributed by atoms with Crippen molar-refractivity contribution in [1.82, 2.24) is 10.2 Å². The summed E-state index contributed by atoms with van der Waals surface area (Å²) in [5.74, 6) is -1.27. The van der Waals surface area contributed by atoms with Crippen molar-refractivity contribution in [1.29, 1.82) is 0 Å². The fraction of sp³-hybridized carbons (Fsp3) is 0.273. The highest BCUT2D eigenvalue weighted by Gasteiger charge is 2.24.